The average molecular weight is 198 g/mol. The van der Waals surface area contributed by atoms with Crippen molar-refractivity contribution < 1.29 is 0 Å². The van der Waals surface area contributed by atoms with E-state index in [-0.39, 0.29) is 0 Å². The van der Waals surface area contributed by atoms with Gasteiger partial charge in [0.1, 0.15) is 0 Å². The maximum absolute atomic E-state index is 5.86. The Kier molecular flexibility index (Phi) is 2.36. The molecule has 70 valence electrons. The molecular formula is C9H12ClN3. The van der Waals surface area contributed by atoms with Crippen molar-refractivity contribution in [3.05, 3.63) is 17.5 Å². The summed E-state index contributed by atoms with van der Waals surface area (Å²) in [6.45, 7) is 2.23. The molecule has 0 bridgehead atoms. The highest BCUT2D eigenvalue weighted by Crippen LogP contribution is 2.30. The first-order chi connectivity index (χ1) is 6.27. The van der Waals surface area contributed by atoms with Crippen LogP contribution < -0.4 is 5.32 Å². The summed E-state index contributed by atoms with van der Waals surface area (Å²) in [4.78, 5) is 8.09. The lowest BCUT2D eigenvalue weighted by molar-refractivity contribution is 0.303. The Labute approximate surface area is 82.5 Å². The van der Waals surface area contributed by atoms with Gasteiger partial charge in [-0.3, -0.25) is 0 Å². The molecule has 2 atom stereocenters. The van der Waals surface area contributed by atoms with Crippen LogP contribution in [0.25, 0.3) is 0 Å². The minimum atomic E-state index is 0.460. The molecule has 1 fully saturated rings. The first-order valence-corrected chi connectivity index (χ1v) is 4.88. The predicted molar refractivity (Wildman–Crippen MR) is 52.9 cm³/mol. The smallest absolute Gasteiger partial charge is 0.171 e. The van der Waals surface area contributed by atoms with E-state index in [9.17, 15) is 0 Å². The van der Waals surface area contributed by atoms with Crippen molar-refractivity contribution in [1.82, 2.24) is 9.97 Å². The Hall–Kier alpha value is -0.830. The van der Waals surface area contributed by atoms with Gasteiger partial charge in [0, 0.05) is 18.4 Å². The molecule has 1 N–H and O–H groups in total. The molecule has 1 heterocycles. The van der Waals surface area contributed by atoms with Crippen molar-refractivity contribution in [2.45, 2.75) is 25.8 Å². The molecule has 0 saturated heterocycles. The maximum Gasteiger partial charge on any atom is 0.171 e. The summed E-state index contributed by atoms with van der Waals surface area (Å²) in [7, 11) is 0. The molecule has 1 aliphatic rings. The second kappa shape index (κ2) is 3.50. The van der Waals surface area contributed by atoms with E-state index in [4.69, 9.17) is 11.6 Å². The molecule has 3 nitrogen and oxygen atoms in total. The molecule has 1 aliphatic carbocycles. The largest absolute Gasteiger partial charge is 0.365 e. The molecule has 1 aromatic heterocycles. The molecular weight excluding hydrogens is 186 g/mol. The van der Waals surface area contributed by atoms with E-state index in [2.05, 4.69) is 22.2 Å². The van der Waals surface area contributed by atoms with Crippen molar-refractivity contribution in [2.75, 3.05) is 5.32 Å². The van der Waals surface area contributed by atoms with Gasteiger partial charge in [-0.1, -0.05) is 18.5 Å². The van der Waals surface area contributed by atoms with Crippen LogP contribution in [0.1, 0.15) is 19.8 Å². The summed E-state index contributed by atoms with van der Waals surface area (Å²) in [5.41, 5.74) is 0. The number of rotatable bonds is 2. The van der Waals surface area contributed by atoms with Gasteiger partial charge in [-0.05, 0) is 18.8 Å². The number of anilines is 1. The van der Waals surface area contributed by atoms with Crippen LogP contribution in [0.2, 0.25) is 5.15 Å². The third-order valence-electron chi connectivity index (χ3n) is 2.60. The highest BCUT2D eigenvalue weighted by Gasteiger charge is 2.27. The first kappa shape index (κ1) is 8.75. The van der Waals surface area contributed by atoms with Crippen LogP contribution in [0.5, 0.6) is 0 Å². The zero-order chi connectivity index (χ0) is 9.26. The van der Waals surface area contributed by atoms with Crippen LogP contribution in [0.15, 0.2) is 12.4 Å². The maximum atomic E-state index is 5.86. The van der Waals surface area contributed by atoms with Crippen LogP contribution >= 0.6 is 11.6 Å². The van der Waals surface area contributed by atoms with E-state index in [1.807, 2.05) is 0 Å². The summed E-state index contributed by atoms with van der Waals surface area (Å²) in [5.74, 6) is 1.43. The molecule has 2 rings (SSSR count). The Morgan fingerprint density at radius 3 is 2.69 bits per heavy atom. The third kappa shape index (κ3) is 1.75. The fourth-order valence-electron chi connectivity index (χ4n) is 1.47. The third-order valence-corrected chi connectivity index (χ3v) is 2.87. The Bertz CT molecular complexity index is 303. The molecule has 0 aliphatic heterocycles. The lowest BCUT2D eigenvalue weighted by atomic mass is 9.81. The minimum absolute atomic E-state index is 0.460. The molecule has 0 amide bonds. The number of nitrogens with one attached hydrogen (secondary N) is 1. The minimum Gasteiger partial charge on any atom is -0.365 e. The first-order valence-electron chi connectivity index (χ1n) is 4.50. The fourth-order valence-corrected chi connectivity index (χ4v) is 1.63. The Morgan fingerprint density at radius 1 is 1.38 bits per heavy atom. The molecule has 2 unspecified atom stereocenters. The average Bonchev–Trinajstić information content (AvgIpc) is 2.14. The summed E-state index contributed by atoms with van der Waals surface area (Å²) in [6, 6.07) is 0.522. The summed E-state index contributed by atoms with van der Waals surface area (Å²) in [5, 5.41) is 3.75. The van der Waals surface area contributed by atoms with Gasteiger partial charge in [0.25, 0.3) is 0 Å². The number of nitrogens with zero attached hydrogens (tertiary/aromatic N) is 2. The SMILES string of the molecule is CC1CCC1Nc1nccnc1Cl. The quantitative estimate of drug-likeness (QED) is 0.791. The fraction of sp³-hybridized carbons (Fsp3) is 0.556. The van der Waals surface area contributed by atoms with Gasteiger partial charge in [0.2, 0.25) is 0 Å². The normalized spacial score (nSPS) is 26.6. The van der Waals surface area contributed by atoms with Gasteiger partial charge in [0.05, 0.1) is 0 Å². The molecule has 1 saturated carbocycles. The molecule has 0 spiro atoms. The highest BCUT2D eigenvalue weighted by molar-refractivity contribution is 6.31. The van der Waals surface area contributed by atoms with Gasteiger partial charge < -0.3 is 5.32 Å². The summed E-state index contributed by atoms with van der Waals surface area (Å²) >= 11 is 5.86. The summed E-state index contributed by atoms with van der Waals surface area (Å²) < 4.78 is 0. The monoisotopic (exact) mass is 197 g/mol. The van der Waals surface area contributed by atoms with Gasteiger partial charge >= 0.3 is 0 Å². The van der Waals surface area contributed by atoms with E-state index in [1.165, 1.54) is 12.8 Å². The number of halogens is 1. The number of hydrogen-bond acceptors (Lipinski definition) is 3. The van der Waals surface area contributed by atoms with Crippen molar-refractivity contribution in [2.24, 2.45) is 5.92 Å². The van der Waals surface area contributed by atoms with E-state index in [1.54, 1.807) is 12.4 Å². The van der Waals surface area contributed by atoms with Crippen molar-refractivity contribution in [3.63, 3.8) is 0 Å². The van der Waals surface area contributed by atoms with Crippen molar-refractivity contribution in [1.29, 1.82) is 0 Å². The van der Waals surface area contributed by atoms with Crippen LogP contribution in [-0.4, -0.2) is 16.0 Å². The van der Waals surface area contributed by atoms with Gasteiger partial charge in [0.15, 0.2) is 11.0 Å². The van der Waals surface area contributed by atoms with Crippen LogP contribution in [0, 0.1) is 5.92 Å². The van der Waals surface area contributed by atoms with Gasteiger partial charge in [-0.25, -0.2) is 9.97 Å². The molecule has 1 aromatic rings. The highest BCUT2D eigenvalue weighted by atomic mass is 35.5. The van der Waals surface area contributed by atoms with Crippen LogP contribution in [-0.2, 0) is 0 Å². The Morgan fingerprint density at radius 2 is 2.15 bits per heavy atom. The van der Waals surface area contributed by atoms with E-state index < -0.39 is 0 Å². The lowest BCUT2D eigenvalue weighted by Crippen LogP contribution is -2.36. The van der Waals surface area contributed by atoms with E-state index >= 15 is 0 Å². The Balaban J connectivity index is 2.05. The molecule has 0 aromatic carbocycles. The van der Waals surface area contributed by atoms with Crippen molar-refractivity contribution >= 4 is 17.4 Å². The van der Waals surface area contributed by atoms with E-state index in [0.29, 0.717) is 17.0 Å². The zero-order valence-electron chi connectivity index (χ0n) is 7.50. The second-order valence-corrected chi connectivity index (χ2v) is 3.86. The number of hydrogen-bond donors (Lipinski definition) is 1. The van der Waals surface area contributed by atoms with E-state index in [0.717, 1.165) is 5.92 Å². The number of aromatic nitrogens is 2. The van der Waals surface area contributed by atoms with Crippen molar-refractivity contribution in [3.8, 4) is 0 Å². The standard InChI is InChI=1S/C9H12ClN3/c1-6-2-3-7(6)13-9-8(10)11-4-5-12-9/h4-7H,2-3H2,1H3,(H,12,13). The molecule has 13 heavy (non-hydrogen) atoms. The topological polar surface area (TPSA) is 37.8 Å². The lowest BCUT2D eigenvalue weighted by Gasteiger charge is -2.34. The summed E-state index contributed by atoms with van der Waals surface area (Å²) in [6.07, 6.45) is 5.73. The second-order valence-electron chi connectivity index (χ2n) is 3.50. The predicted octanol–water partition coefficient (Wildman–Crippen LogP) is 2.34. The van der Waals surface area contributed by atoms with Crippen LogP contribution in [0.4, 0.5) is 5.82 Å². The zero-order valence-corrected chi connectivity index (χ0v) is 8.25. The molecule has 0 radical (unpaired) electrons. The van der Waals surface area contributed by atoms with Crippen LogP contribution in [0.3, 0.4) is 0 Å². The van der Waals surface area contributed by atoms with Gasteiger partial charge in [-0.15, -0.1) is 0 Å². The van der Waals surface area contributed by atoms with Gasteiger partial charge in [-0.2, -0.15) is 0 Å². The molecule has 4 heteroatoms.